The zero-order valence-corrected chi connectivity index (χ0v) is 13.0. The van der Waals surface area contributed by atoms with Crippen LogP contribution in [0.3, 0.4) is 0 Å². The Morgan fingerprint density at radius 1 is 1.36 bits per heavy atom. The van der Waals surface area contributed by atoms with E-state index in [1.54, 1.807) is 23.1 Å². The molecule has 1 fully saturated rings. The molecule has 0 bridgehead atoms. The van der Waals surface area contributed by atoms with Crippen LogP contribution in [0, 0.1) is 0 Å². The number of halogens is 1. The molecule has 2 aromatic rings. The van der Waals surface area contributed by atoms with E-state index < -0.39 is 0 Å². The molecule has 3 rings (SSSR count). The Morgan fingerprint density at radius 3 is 3.05 bits per heavy atom. The van der Waals surface area contributed by atoms with Gasteiger partial charge in [-0.05, 0) is 25.5 Å². The van der Waals surface area contributed by atoms with E-state index in [1.807, 2.05) is 19.1 Å². The van der Waals surface area contributed by atoms with E-state index in [0.717, 1.165) is 12.0 Å². The average molecular weight is 321 g/mol. The molecule has 5 nitrogen and oxygen atoms in total. The largest absolute Gasteiger partial charge is 0.380 e. The number of aromatic nitrogens is 1. The maximum atomic E-state index is 12.6. The van der Waals surface area contributed by atoms with E-state index in [2.05, 4.69) is 5.16 Å². The van der Waals surface area contributed by atoms with Gasteiger partial charge in [0, 0.05) is 35.8 Å². The lowest BCUT2D eigenvalue weighted by atomic mass is 10.1. The number of carbonyl (C=O) groups is 1. The molecule has 0 spiro atoms. The molecule has 1 aliphatic rings. The standard InChI is InChI=1S/C16H17ClN2O3/c1-11-5-7-21-8-6-19(11)16(20)15-10-14(18-22-15)12-3-2-4-13(17)9-12/h2-4,9-11H,5-8H2,1H3. The molecule has 0 radical (unpaired) electrons. The van der Waals surface area contributed by atoms with Crippen LogP contribution in [0.2, 0.25) is 5.02 Å². The van der Waals surface area contributed by atoms with Gasteiger partial charge >= 0.3 is 0 Å². The van der Waals surface area contributed by atoms with Crippen LogP contribution in [-0.4, -0.2) is 41.8 Å². The van der Waals surface area contributed by atoms with Crippen molar-refractivity contribution in [3.05, 3.63) is 41.1 Å². The molecule has 1 atom stereocenters. The zero-order chi connectivity index (χ0) is 15.5. The summed E-state index contributed by atoms with van der Waals surface area (Å²) in [5.41, 5.74) is 1.42. The molecule has 1 aromatic heterocycles. The fourth-order valence-electron chi connectivity index (χ4n) is 2.50. The van der Waals surface area contributed by atoms with Gasteiger partial charge in [0.25, 0.3) is 5.91 Å². The Morgan fingerprint density at radius 2 is 2.23 bits per heavy atom. The maximum Gasteiger partial charge on any atom is 0.292 e. The highest BCUT2D eigenvalue weighted by Gasteiger charge is 2.26. The minimum atomic E-state index is -0.154. The number of ether oxygens (including phenoxy) is 1. The van der Waals surface area contributed by atoms with E-state index in [1.165, 1.54) is 0 Å². The quantitative estimate of drug-likeness (QED) is 0.852. The molecule has 6 heteroatoms. The molecule has 22 heavy (non-hydrogen) atoms. The third-order valence-corrected chi connectivity index (χ3v) is 4.03. The van der Waals surface area contributed by atoms with Crippen LogP contribution in [0.25, 0.3) is 11.3 Å². The van der Waals surface area contributed by atoms with Gasteiger partial charge in [0.1, 0.15) is 5.69 Å². The van der Waals surface area contributed by atoms with Gasteiger partial charge in [0.15, 0.2) is 0 Å². The summed E-state index contributed by atoms with van der Waals surface area (Å²) in [6, 6.07) is 9.07. The molecule has 0 aliphatic carbocycles. The van der Waals surface area contributed by atoms with Crippen LogP contribution in [-0.2, 0) is 4.74 Å². The molecule has 116 valence electrons. The summed E-state index contributed by atoms with van der Waals surface area (Å²) in [6.45, 7) is 3.80. The van der Waals surface area contributed by atoms with Crippen molar-refractivity contribution in [1.29, 1.82) is 0 Å². The maximum absolute atomic E-state index is 12.6. The van der Waals surface area contributed by atoms with Crippen LogP contribution < -0.4 is 0 Å². The Balaban J connectivity index is 1.82. The van der Waals surface area contributed by atoms with E-state index >= 15 is 0 Å². The summed E-state index contributed by atoms with van der Waals surface area (Å²) < 4.78 is 10.7. The predicted molar refractivity (Wildman–Crippen MR) is 82.9 cm³/mol. The van der Waals surface area contributed by atoms with Crippen LogP contribution >= 0.6 is 11.6 Å². The summed E-state index contributed by atoms with van der Waals surface area (Å²) in [5, 5.41) is 4.60. The molecule has 2 heterocycles. The van der Waals surface area contributed by atoms with Gasteiger partial charge in [-0.25, -0.2) is 0 Å². The lowest BCUT2D eigenvalue weighted by Crippen LogP contribution is -2.39. The number of hydrogen-bond donors (Lipinski definition) is 0. The molecule has 1 unspecified atom stereocenters. The molecule has 0 N–H and O–H groups in total. The van der Waals surface area contributed by atoms with Gasteiger partial charge in [-0.2, -0.15) is 0 Å². The van der Waals surface area contributed by atoms with Gasteiger partial charge in [-0.15, -0.1) is 0 Å². The van der Waals surface area contributed by atoms with Gasteiger partial charge in [0.05, 0.1) is 6.61 Å². The topological polar surface area (TPSA) is 55.6 Å². The molecular formula is C16H17ClN2O3. The third kappa shape index (κ3) is 3.15. The summed E-state index contributed by atoms with van der Waals surface area (Å²) >= 11 is 5.98. The molecule has 0 saturated carbocycles. The second-order valence-corrected chi connectivity index (χ2v) is 5.77. The van der Waals surface area contributed by atoms with Crippen LogP contribution in [0.1, 0.15) is 23.9 Å². The third-order valence-electron chi connectivity index (χ3n) is 3.79. The Bertz CT molecular complexity index is 671. The van der Waals surface area contributed by atoms with E-state index in [0.29, 0.717) is 30.5 Å². The lowest BCUT2D eigenvalue weighted by Gasteiger charge is -2.24. The molecule has 1 aromatic carbocycles. The van der Waals surface area contributed by atoms with Gasteiger partial charge < -0.3 is 14.2 Å². The van der Waals surface area contributed by atoms with Gasteiger partial charge in [-0.3, -0.25) is 4.79 Å². The fourth-order valence-corrected chi connectivity index (χ4v) is 2.69. The van der Waals surface area contributed by atoms with E-state index in [9.17, 15) is 4.79 Å². The zero-order valence-electron chi connectivity index (χ0n) is 12.3. The number of hydrogen-bond acceptors (Lipinski definition) is 4. The first-order valence-corrected chi connectivity index (χ1v) is 7.64. The molecular weight excluding hydrogens is 304 g/mol. The number of carbonyl (C=O) groups excluding carboxylic acids is 1. The summed E-state index contributed by atoms with van der Waals surface area (Å²) in [5.74, 6) is 0.0857. The van der Waals surface area contributed by atoms with Crippen molar-refractivity contribution in [3.63, 3.8) is 0 Å². The van der Waals surface area contributed by atoms with Crippen molar-refractivity contribution in [2.75, 3.05) is 19.8 Å². The molecule has 1 aliphatic heterocycles. The fraction of sp³-hybridized carbons (Fsp3) is 0.375. The average Bonchev–Trinajstić information content (AvgIpc) is 2.90. The summed E-state index contributed by atoms with van der Waals surface area (Å²) in [7, 11) is 0. The monoisotopic (exact) mass is 320 g/mol. The van der Waals surface area contributed by atoms with E-state index in [4.69, 9.17) is 20.9 Å². The first-order valence-electron chi connectivity index (χ1n) is 7.26. The smallest absolute Gasteiger partial charge is 0.292 e. The van der Waals surface area contributed by atoms with Crippen molar-refractivity contribution in [2.24, 2.45) is 0 Å². The van der Waals surface area contributed by atoms with Crippen molar-refractivity contribution in [2.45, 2.75) is 19.4 Å². The van der Waals surface area contributed by atoms with Gasteiger partial charge in [0.2, 0.25) is 5.76 Å². The minimum absolute atomic E-state index is 0.120. The SMILES string of the molecule is CC1CCOCCN1C(=O)c1cc(-c2cccc(Cl)c2)no1. The first-order chi connectivity index (χ1) is 10.6. The summed E-state index contributed by atoms with van der Waals surface area (Å²) in [4.78, 5) is 14.4. The van der Waals surface area contributed by atoms with Crippen LogP contribution in [0.4, 0.5) is 0 Å². The highest BCUT2D eigenvalue weighted by molar-refractivity contribution is 6.30. The first kappa shape index (κ1) is 15.1. The molecule has 1 saturated heterocycles. The van der Waals surface area contributed by atoms with E-state index in [-0.39, 0.29) is 17.7 Å². The predicted octanol–water partition coefficient (Wildman–Crippen LogP) is 3.25. The lowest BCUT2D eigenvalue weighted by molar-refractivity contribution is 0.0645. The number of rotatable bonds is 2. The Labute approximate surface area is 133 Å². The van der Waals surface area contributed by atoms with Crippen molar-refractivity contribution < 1.29 is 14.1 Å². The van der Waals surface area contributed by atoms with Gasteiger partial charge in [-0.1, -0.05) is 28.9 Å². The van der Waals surface area contributed by atoms with Crippen LogP contribution in [0.5, 0.6) is 0 Å². The Hall–Kier alpha value is -1.85. The highest BCUT2D eigenvalue weighted by atomic mass is 35.5. The van der Waals surface area contributed by atoms with Crippen molar-refractivity contribution in [1.82, 2.24) is 10.1 Å². The highest BCUT2D eigenvalue weighted by Crippen LogP contribution is 2.23. The Kier molecular flexibility index (Phi) is 4.45. The number of benzene rings is 1. The number of amides is 1. The second kappa shape index (κ2) is 6.50. The minimum Gasteiger partial charge on any atom is -0.380 e. The normalized spacial score (nSPS) is 19.0. The van der Waals surface area contributed by atoms with Crippen molar-refractivity contribution in [3.8, 4) is 11.3 Å². The van der Waals surface area contributed by atoms with Crippen LogP contribution in [0.15, 0.2) is 34.9 Å². The second-order valence-electron chi connectivity index (χ2n) is 5.34. The van der Waals surface area contributed by atoms with Crippen molar-refractivity contribution >= 4 is 17.5 Å². The number of nitrogens with zero attached hydrogens (tertiary/aromatic N) is 2. The summed E-state index contributed by atoms with van der Waals surface area (Å²) in [6.07, 6.45) is 0.820. The molecule has 1 amide bonds.